The molecule has 2 heteroatoms. The van der Waals surface area contributed by atoms with Crippen LogP contribution in [0.3, 0.4) is 0 Å². The summed E-state index contributed by atoms with van der Waals surface area (Å²) in [7, 11) is -1.87. The monoisotopic (exact) mass is 324 g/mol. The summed E-state index contributed by atoms with van der Waals surface area (Å²) in [6.07, 6.45) is 0. The van der Waals surface area contributed by atoms with E-state index in [-0.39, 0.29) is 5.04 Å². The summed E-state index contributed by atoms with van der Waals surface area (Å²) in [4.78, 5) is 0. The van der Waals surface area contributed by atoms with Crippen LogP contribution in [0.15, 0.2) is 55.1 Å². The molecular weight excluding hydrogens is 296 g/mol. The Bertz CT molecular complexity index is 691. The Hall–Kier alpha value is -1.80. The van der Waals surface area contributed by atoms with Crippen LogP contribution >= 0.6 is 0 Å². The van der Waals surface area contributed by atoms with Crippen molar-refractivity contribution < 1.29 is 4.43 Å². The largest absolute Gasteiger partial charge is 0.543 e. The number of hydrogen-bond acceptors (Lipinski definition) is 1. The van der Waals surface area contributed by atoms with Crippen LogP contribution in [0.1, 0.15) is 37.5 Å². The highest BCUT2D eigenvalue weighted by atomic mass is 28.4. The molecule has 0 N–H and O–H groups in total. The first kappa shape index (κ1) is 17.5. The van der Waals surface area contributed by atoms with Gasteiger partial charge in [-0.2, -0.15) is 0 Å². The Morgan fingerprint density at radius 3 is 2.09 bits per heavy atom. The molecule has 23 heavy (non-hydrogen) atoms. The molecule has 2 aromatic rings. The van der Waals surface area contributed by atoms with Crippen molar-refractivity contribution in [3.63, 3.8) is 0 Å². The van der Waals surface area contributed by atoms with E-state index in [2.05, 4.69) is 83.8 Å². The van der Waals surface area contributed by atoms with Crippen LogP contribution in [-0.2, 0) is 0 Å². The van der Waals surface area contributed by atoms with Gasteiger partial charge in [0, 0.05) is 5.56 Å². The van der Waals surface area contributed by atoms with Gasteiger partial charge in [-0.25, -0.2) is 0 Å². The average Bonchev–Trinajstić information content (AvgIpc) is 2.46. The minimum Gasteiger partial charge on any atom is -0.543 e. The van der Waals surface area contributed by atoms with Crippen LogP contribution in [0, 0.1) is 6.92 Å². The molecule has 0 spiro atoms. The molecule has 0 atom stereocenters. The van der Waals surface area contributed by atoms with Crippen molar-refractivity contribution in [1.29, 1.82) is 0 Å². The molecule has 2 rings (SSSR count). The highest BCUT2D eigenvalue weighted by Gasteiger charge is 2.39. The van der Waals surface area contributed by atoms with Crippen LogP contribution in [0.2, 0.25) is 18.1 Å². The van der Waals surface area contributed by atoms with Crippen LogP contribution in [0.5, 0.6) is 5.75 Å². The first-order valence-corrected chi connectivity index (χ1v) is 11.1. The normalized spacial score (nSPS) is 12.1. The Labute approximate surface area is 142 Å². The molecule has 0 radical (unpaired) electrons. The molecule has 0 fully saturated rings. The van der Waals surface area contributed by atoms with Gasteiger partial charge in [0.25, 0.3) is 8.32 Å². The van der Waals surface area contributed by atoms with Crippen molar-refractivity contribution in [2.24, 2.45) is 0 Å². The second kappa shape index (κ2) is 6.36. The lowest BCUT2D eigenvalue weighted by atomic mass is 9.98. The van der Waals surface area contributed by atoms with Crippen LogP contribution in [0.4, 0.5) is 0 Å². The van der Waals surface area contributed by atoms with Crippen LogP contribution < -0.4 is 4.43 Å². The van der Waals surface area contributed by atoms with E-state index in [1.807, 2.05) is 12.1 Å². The van der Waals surface area contributed by atoms with E-state index in [4.69, 9.17) is 4.43 Å². The van der Waals surface area contributed by atoms with Gasteiger partial charge >= 0.3 is 0 Å². The summed E-state index contributed by atoms with van der Waals surface area (Å²) in [6, 6.07) is 16.7. The third-order valence-corrected chi connectivity index (χ3v) is 9.13. The zero-order chi connectivity index (χ0) is 17.3. The van der Waals surface area contributed by atoms with Crippen molar-refractivity contribution in [1.82, 2.24) is 0 Å². The number of benzene rings is 2. The number of aryl methyl sites for hydroxylation is 1. The smallest absolute Gasteiger partial charge is 0.250 e. The molecule has 0 saturated carbocycles. The first-order chi connectivity index (χ1) is 10.6. The van der Waals surface area contributed by atoms with Gasteiger partial charge in [0.2, 0.25) is 0 Å². The maximum Gasteiger partial charge on any atom is 0.250 e. The van der Waals surface area contributed by atoms with Gasteiger partial charge < -0.3 is 4.43 Å². The van der Waals surface area contributed by atoms with E-state index in [1.165, 1.54) is 5.56 Å². The van der Waals surface area contributed by atoms with Gasteiger partial charge in [-0.3, -0.25) is 0 Å². The molecule has 0 heterocycles. The Morgan fingerprint density at radius 1 is 0.957 bits per heavy atom. The number of para-hydroxylation sites is 1. The summed E-state index contributed by atoms with van der Waals surface area (Å²) in [5.74, 6) is 0.949. The Kier molecular flexibility index (Phi) is 4.86. The summed E-state index contributed by atoms with van der Waals surface area (Å²) >= 11 is 0. The molecule has 2 aromatic carbocycles. The van der Waals surface area contributed by atoms with E-state index in [0.717, 1.165) is 22.4 Å². The van der Waals surface area contributed by atoms with Crippen molar-refractivity contribution in [3.05, 3.63) is 71.8 Å². The van der Waals surface area contributed by atoms with E-state index in [9.17, 15) is 0 Å². The molecule has 1 nitrogen and oxygen atoms in total. The fraction of sp³-hybridized carbons (Fsp3) is 0.333. The lowest BCUT2D eigenvalue weighted by molar-refractivity contribution is 0.491. The van der Waals surface area contributed by atoms with E-state index in [0.29, 0.717) is 0 Å². The molecular formula is C21H28OSi. The molecule has 0 aromatic heterocycles. The average molecular weight is 325 g/mol. The zero-order valence-electron chi connectivity index (χ0n) is 15.2. The van der Waals surface area contributed by atoms with Crippen molar-refractivity contribution in [2.45, 2.75) is 45.8 Å². The molecule has 0 aliphatic heterocycles. The lowest BCUT2D eigenvalue weighted by Crippen LogP contribution is -2.44. The van der Waals surface area contributed by atoms with Gasteiger partial charge in [-0.05, 0) is 42.3 Å². The van der Waals surface area contributed by atoms with Crippen LogP contribution in [0.25, 0.3) is 5.57 Å². The second-order valence-electron chi connectivity index (χ2n) is 7.70. The minimum atomic E-state index is -1.87. The predicted octanol–water partition coefficient (Wildman–Crippen LogP) is 6.44. The SMILES string of the molecule is C=C(c1ccc(C)cc1)c1ccccc1O[Si](C)(C)C(C)(C)C. The second-order valence-corrected chi connectivity index (χ2v) is 12.4. The quantitative estimate of drug-likeness (QED) is 0.588. The Morgan fingerprint density at radius 2 is 1.52 bits per heavy atom. The number of hydrogen-bond donors (Lipinski definition) is 0. The van der Waals surface area contributed by atoms with E-state index < -0.39 is 8.32 Å². The Balaban J connectivity index is 2.38. The zero-order valence-corrected chi connectivity index (χ0v) is 16.2. The molecule has 0 amide bonds. The summed E-state index contributed by atoms with van der Waals surface area (Å²) < 4.78 is 6.54. The topological polar surface area (TPSA) is 9.23 Å². The summed E-state index contributed by atoms with van der Waals surface area (Å²) in [5, 5.41) is 0.172. The molecule has 0 unspecified atom stereocenters. The van der Waals surface area contributed by atoms with Crippen molar-refractivity contribution >= 4 is 13.9 Å². The maximum atomic E-state index is 6.54. The fourth-order valence-corrected chi connectivity index (χ4v) is 3.18. The molecule has 0 aliphatic rings. The third-order valence-electron chi connectivity index (χ3n) is 4.78. The van der Waals surface area contributed by atoms with E-state index in [1.54, 1.807) is 0 Å². The molecule has 0 bridgehead atoms. The maximum absolute atomic E-state index is 6.54. The standard InChI is InChI=1S/C21H28OSi/c1-16-12-14-18(15-13-16)17(2)19-10-8-9-11-20(19)22-23(6,7)21(3,4)5/h8-15H,2H2,1,3-7H3. The predicted molar refractivity (Wildman–Crippen MR) is 104 cm³/mol. The van der Waals surface area contributed by atoms with Crippen LogP contribution in [-0.4, -0.2) is 8.32 Å². The van der Waals surface area contributed by atoms with Crippen molar-refractivity contribution in [2.75, 3.05) is 0 Å². The third kappa shape index (κ3) is 3.94. The highest BCUT2D eigenvalue weighted by Crippen LogP contribution is 2.39. The summed E-state index contributed by atoms with van der Waals surface area (Å²) in [6.45, 7) is 17.7. The first-order valence-electron chi connectivity index (χ1n) is 8.16. The van der Waals surface area contributed by atoms with Gasteiger partial charge in [-0.1, -0.05) is 75.4 Å². The van der Waals surface area contributed by atoms with Gasteiger partial charge in [-0.15, -0.1) is 0 Å². The van der Waals surface area contributed by atoms with Crippen molar-refractivity contribution in [3.8, 4) is 5.75 Å². The van der Waals surface area contributed by atoms with E-state index >= 15 is 0 Å². The van der Waals surface area contributed by atoms with Gasteiger partial charge in [0.1, 0.15) is 5.75 Å². The van der Waals surface area contributed by atoms with Gasteiger partial charge in [0.05, 0.1) is 0 Å². The number of rotatable bonds is 4. The fourth-order valence-electron chi connectivity index (χ4n) is 2.14. The lowest BCUT2D eigenvalue weighted by Gasteiger charge is -2.37. The molecule has 122 valence electrons. The highest BCUT2D eigenvalue weighted by molar-refractivity contribution is 6.74. The minimum absolute atomic E-state index is 0.172. The molecule has 0 saturated heterocycles. The van der Waals surface area contributed by atoms with Gasteiger partial charge in [0.15, 0.2) is 0 Å². The molecule has 0 aliphatic carbocycles. The summed E-state index contributed by atoms with van der Waals surface area (Å²) in [5.41, 5.74) is 4.50.